The Morgan fingerprint density at radius 1 is 1.35 bits per heavy atom. The fourth-order valence-electron chi connectivity index (χ4n) is 3.00. The fraction of sp³-hybridized carbons (Fsp3) is 0.765. The van der Waals surface area contributed by atoms with Crippen molar-refractivity contribution in [3.05, 3.63) is 21.9 Å². The zero-order valence-electron chi connectivity index (χ0n) is 13.3. The summed E-state index contributed by atoms with van der Waals surface area (Å²) < 4.78 is 0. The van der Waals surface area contributed by atoms with Gasteiger partial charge in [-0.2, -0.15) is 0 Å². The summed E-state index contributed by atoms with van der Waals surface area (Å²) in [5.41, 5.74) is 1.58. The second kappa shape index (κ2) is 8.16. The molecule has 0 saturated heterocycles. The summed E-state index contributed by atoms with van der Waals surface area (Å²) in [5.74, 6) is 0.768. The molecule has 1 N–H and O–H groups in total. The van der Waals surface area contributed by atoms with Gasteiger partial charge in [0.05, 0.1) is 0 Å². The van der Waals surface area contributed by atoms with Crippen LogP contribution in [0.3, 0.4) is 0 Å². The Morgan fingerprint density at radius 2 is 2.20 bits per heavy atom. The van der Waals surface area contributed by atoms with Crippen molar-refractivity contribution in [2.75, 3.05) is 26.2 Å². The van der Waals surface area contributed by atoms with Gasteiger partial charge in [-0.15, -0.1) is 11.3 Å². The van der Waals surface area contributed by atoms with Gasteiger partial charge in [0.25, 0.3) is 0 Å². The Hall–Kier alpha value is -0.380. The van der Waals surface area contributed by atoms with E-state index in [0.29, 0.717) is 6.04 Å². The lowest BCUT2D eigenvalue weighted by Gasteiger charge is -2.33. The molecule has 20 heavy (non-hydrogen) atoms. The number of nitrogens with one attached hydrogen (secondary N) is 1. The van der Waals surface area contributed by atoms with Crippen LogP contribution in [0.25, 0.3) is 0 Å². The van der Waals surface area contributed by atoms with Gasteiger partial charge in [0.2, 0.25) is 0 Å². The van der Waals surface area contributed by atoms with Crippen molar-refractivity contribution in [2.24, 2.45) is 5.92 Å². The summed E-state index contributed by atoms with van der Waals surface area (Å²) in [7, 11) is 0. The molecule has 1 aromatic rings. The molecule has 0 radical (unpaired) electrons. The molecule has 2 heterocycles. The van der Waals surface area contributed by atoms with Crippen molar-refractivity contribution in [3.63, 3.8) is 0 Å². The number of thiophene rings is 1. The SMILES string of the molecule is CC(C)CNCCCCCN1CCc2sccc2C1C. The van der Waals surface area contributed by atoms with Crippen molar-refractivity contribution < 1.29 is 0 Å². The van der Waals surface area contributed by atoms with Gasteiger partial charge >= 0.3 is 0 Å². The zero-order valence-corrected chi connectivity index (χ0v) is 14.1. The molecule has 1 aliphatic rings. The third-order valence-corrected chi connectivity index (χ3v) is 5.25. The summed E-state index contributed by atoms with van der Waals surface area (Å²) >= 11 is 1.94. The van der Waals surface area contributed by atoms with Gasteiger partial charge in [0, 0.05) is 17.5 Å². The minimum Gasteiger partial charge on any atom is -0.316 e. The predicted octanol–water partition coefficient (Wildman–Crippen LogP) is 4.08. The van der Waals surface area contributed by atoms with Crippen LogP contribution >= 0.6 is 11.3 Å². The Morgan fingerprint density at radius 3 is 3.00 bits per heavy atom. The molecule has 0 aliphatic carbocycles. The lowest BCUT2D eigenvalue weighted by molar-refractivity contribution is 0.196. The van der Waals surface area contributed by atoms with Gasteiger partial charge in [0.1, 0.15) is 0 Å². The third-order valence-electron chi connectivity index (χ3n) is 4.26. The van der Waals surface area contributed by atoms with Crippen LogP contribution in [0.1, 0.15) is 56.5 Å². The van der Waals surface area contributed by atoms with Gasteiger partial charge in [-0.1, -0.05) is 20.3 Å². The highest BCUT2D eigenvalue weighted by atomic mass is 32.1. The molecule has 2 nitrogen and oxygen atoms in total. The summed E-state index contributed by atoms with van der Waals surface area (Å²) in [6.07, 6.45) is 5.27. The van der Waals surface area contributed by atoms with Crippen molar-refractivity contribution in [1.82, 2.24) is 10.2 Å². The first-order chi connectivity index (χ1) is 9.68. The normalized spacial score (nSPS) is 19.5. The number of unbranched alkanes of at least 4 members (excludes halogenated alkanes) is 2. The van der Waals surface area contributed by atoms with E-state index in [1.807, 2.05) is 11.3 Å². The minimum absolute atomic E-state index is 0.629. The Bertz CT molecular complexity index is 386. The van der Waals surface area contributed by atoms with Gasteiger partial charge in [-0.05, 0) is 68.7 Å². The zero-order chi connectivity index (χ0) is 14.4. The van der Waals surface area contributed by atoms with Gasteiger partial charge in [-0.25, -0.2) is 0 Å². The van der Waals surface area contributed by atoms with E-state index < -0.39 is 0 Å². The Kier molecular flexibility index (Phi) is 6.53. The standard InChI is InChI=1S/C17H30N2S/c1-14(2)13-18-9-5-4-6-10-19-11-7-17-16(15(19)3)8-12-20-17/h8,12,14-15,18H,4-7,9-11,13H2,1-3H3. The largest absolute Gasteiger partial charge is 0.316 e. The molecular weight excluding hydrogens is 264 g/mol. The average molecular weight is 295 g/mol. The summed E-state index contributed by atoms with van der Waals surface area (Å²) in [6.45, 7) is 11.8. The van der Waals surface area contributed by atoms with Crippen molar-refractivity contribution >= 4 is 11.3 Å². The highest BCUT2D eigenvalue weighted by Crippen LogP contribution is 2.32. The van der Waals surface area contributed by atoms with E-state index in [1.54, 1.807) is 10.4 Å². The monoisotopic (exact) mass is 294 g/mol. The first-order valence-corrected chi connectivity index (χ1v) is 9.07. The van der Waals surface area contributed by atoms with Crippen molar-refractivity contribution in [3.8, 4) is 0 Å². The first kappa shape index (κ1) is 16.0. The van der Waals surface area contributed by atoms with E-state index in [-0.39, 0.29) is 0 Å². The van der Waals surface area contributed by atoms with E-state index in [9.17, 15) is 0 Å². The quantitative estimate of drug-likeness (QED) is 0.727. The molecule has 0 fully saturated rings. The maximum atomic E-state index is 3.53. The van der Waals surface area contributed by atoms with Gasteiger partial charge < -0.3 is 5.32 Å². The highest BCUT2D eigenvalue weighted by molar-refractivity contribution is 7.10. The molecule has 0 aromatic carbocycles. The lowest BCUT2D eigenvalue weighted by atomic mass is 10.0. The van der Waals surface area contributed by atoms with Crippen LogP contribution in [0.5, 0.6) is 0 Å². The first-order valence-electron chi connectivity index (χ1n) is 8.19. The second-order valence-electron chi connectivity index (χ2n) is 6.42. The minimum atomic E-state index is 0.629. The third kappa shape index (κ3) is 4.57. The van der Waals surface area contributed by atoms with Crippen molar-refractivity contribution in [1.29, 1.82) is 0 Å². The maximum Gasteiger partial charge on any atom is 0.0331 e. The van der Waals surface area contributed by atoms with E-state index in [4.69, 9.17) is 0 Å². The molecule has 2 rings (SSSR count). The molecule has 114 valence electrons. The van der Waals surface area contributed by atoms with Crippen LogP contribution in [0.2, 0.25) is 0 Å². The molecule has 1 unspecified atom stereocenters. The van der Waals surface area contributed by atoms with E-state index in [0.717, 1.165) is 12.5 Å². The highest BCUT2D eigenvalue weighted by Gasteiger charge is 2.23. The number of hydrogen-bond acceptors (Lipinski definition) is 3. The van der Waals surface area contributed by atoms with Crippen LogP contribution < -0.4 is 5.32 Å². The number of fused-ring (bicyclic) bond motifs is 1. The molecule has 0 amide bonds. The molecule has 3 heteroatoms. The fourth-order valence-corrected chi connectivity index (χ4v) is 3.96. The molecule has 1 atom stereocenters. The topological polar surface area (TPSA) is 15.3 Å². The second-order valence-corrected chi connectivity index (χ2v) is 7.42. The van der Waals surface area contributed by atoms with Crippen LogP contribution in [-0.2, 0) is 6.42 Å². The smallest absolute Gasteiger partial charge is 0.0331 e. The predicted molar refractivity (Wildman–Crippen MR) is 89.6 cm³/mol. The molecular formula is C17H30N2S. The Labute approximate surface area is 128 Å². The number of hydrogen-bond donors (Lipinski definition) is 1. The molecule has 1 aromatic heterocycles. The average Bonchev–Trinajstić information content (AvgIpc) is 2.89. The lowest BCUT2D eigenvalue weighted by Crippen LogP contribution is -2.34. The van der Waals surface area contributed by atoms with E-state index in [2.05, 4.69) is 42.4 Å². The van der Waals surface area contributed by atoms with Crippen LogP contribution in [-0.4, -0.2) is 31.1 Å². The number of rotatable bonds is 8. The van der Waals surface area contributed by atoms with Crippen molar-refractivity contribution in [2.45, 2.75) is 52.5 Å². The van der Waals surface area contributed by atoms with Gasteiger partial charge in [0.15, 0.2) is 0 Å². The molecule has 0 bridgehead atoms. The van der Waals surface area contributed by atoms with E-state index in [1.165, 1.54) is 45.3 Å². The van der Waals surface area contributed by atoms with E-state index >= 15 is 0 Å². The summed E-state index contributed by atoms with van der Waals surface area (Å²) in [4.78, 5) is 4.28. The summed E-state index contributed by atoms with van der Waals surface area (Å²) in [5, 5.41) is 5.78. The molecule has 0 spiro atoms. The maximum absolute atomic E-state index is 3.53. The number of nitrogens with zero attached hydrogens (tertiary/aromatic N) is 1. The van der Waals surface area contributed by atoms with Crippen LogP contribution in [0, 0.1) is 5.92 Å². The molecule has 0 saturated carbocycles. The molecule has 1 aliphatic heterocycles. The Balaban J connectivity index is 1.59. The van der Waals surface area contributed by atoms with Crippen LogP contribution in [0.4, 0.5) is 0 Å². The summed E-state index contributed by atoms with van der Waals surface area (Å²) in [6, 6.07) is 2.95. The van der Waals surface area contributed by atoms with Gasteiger partial charge in [-0.3, -0.25) is 4.90 Å². The van der Waals surface area contributed by atoms with Crippen LogP contribution in [0.15, 0.2) is 11.4 Å².